The van der Waals surface area contributed by atoms with Crippen LogP contribution in [0.25, 0.3) is 6.08 Å². The SMILES string of the molecule is COc1ccc(OC(=O)/C=C/c2ccc3c(c2)OCO3)cc1. The van der Waals surface area contributed by atoms with E-state index in [0.717, 1.165) is 5.56 Å². The molecule has 1 aliphatic heterocycles. The van der Waals surface area contributed by atoms with E-state index < -0.39 is 5.97 Å². The van der Waals surface area contributed by atoms with Gasteiger partial charge in [-0.25, -0.2) is 4.79 Å². The van der Waals surface area contributed by atoms with Crippen LogP contribution in [0.1, 0.15) is 5.56 Å². The molecule has 0 N–H and O–H groups in total. The summed E-state index contributed by atoms with van der Waals surface area (Å²) in [5.41, 5.74) is 0.830. The van der Waals surface area contributed by atoms with Gasteiger partial charge in [-0.2, -0.15) is 0 Å². The highest BCUT2D eigenvalue weighted by Gasteiger charge is 2.12. The van der Waals surface area contributed by atoms with Crippen molar-refractivity contribution in [1.82, 2.24) is 0 Å². The molecule has 0 aliphatic carbocycles. The Morgan fingerprint density at radius 1 is 1.05 bits per heavy atom. The molecule has 0 radical (unpaired) electrons. The van der Waals surface area contributed by atoms with Gasteiger partial charge in [-0.15, -0.1) is 0 Å². The van der Waals surface area contributed by atoms with Crippen molar-refractivity contribution in [2.75, 3.05) is 13.9 Å². The molecule has 5 nitrogen and oxygen atoms in total. The van der Waals surface area contributed by atoms with Crippen molar-refractivity contribution in [3.63, 3.8) is 0 Å². The summed E-state index contributed by atoms with van der Waals surface area (Å²) in [7, 11) is 1.58. The first kappa shape index (κ1) is 14.0. The van der Waals surface area contributed by atoms with Crippen LogP contribution < -0.4 is 18.9 Å². The molecule has 112 valence electrons. The highest BCUT2D eigenvalue weighted by atomic mass is 16.7. The summed E-state index contributed by atoms with van der Waals surface area (Å²) in [6.45, 7) is 0.224. The number of benzene rings is 2. The van der Waals surface area contributed by atoms with Crippen LogP contribution in [0.2, 0.25) is 0 Å². The first-order valence-corrected chi connectivity index (χ1v) is 6.68. The summed E-state index contributed by atoms with van der Waals surface area (Å²) in [6.07, 6.45) is 3.02. The second kappa shape index (κ2) is 6.22. The van der Waals surface area contributed by atoms with Crippen molar-refractivity contribution in [3.05, 3.63) is 54.1 Å². The zero-order valence-electron chi connectivity index (χ0n) is 11.9. The molecule has 0 spiro atoms. The molecule has 0 saturated carbocycles. The van der Waals surface area contributed by atoms with Crippen LogP contribution in [-0.4, -0.2) is 19.9 Å². The van der Waals surface area contributed by atoms with E-state index in [9.17, 15) is 4.79 Å². The smallest absolute Gasteiger partial charge is 0.336 e. The number of methoxy groups -OCH3 is 1. The molecule has 2 aromatic carbocycles. The monoisotopic (exact) mass is 298 g/mol. The van der Waals surface area contributed by atoms with Gasteiger partial charge < -0.3 is 18.9 Å². The maximum atomic E-state index is 11.8. The summed E-state index contributed by atoms with van der Waals surface area (Å²) >= 11 is 0. The van der Waals surface area contributed by atoms with Gasteiger partial charge in [0.15, 0.2) is 11.5 Å². The Balaban J connectivity index is 1.63. The van der Waals surface area contributed by atoms with E-state index in [0.29, 0.717) is 23.0 Å². The molecular weight excluding hydrogens is 284 g/mol. The maximum absolute atomic E-state index is 11.8. The Morgan fingerprint density at radius 2 is 1.77 bits per heavy atom. The predicted molar refractivity (Wildman–Crippen MR) is 80.2 cm³/mol. The molecule has 1 aliphatic rings. The second-order valence-corrected chi connectivity index (χ2v) is 4.54. The van der Waals surface area contributed by atoms with E-state index in [1.165, 1.54) is 6.08 Å². The van der Waals surface area contributed by atoms with E-state index in [2.05, 4.69) is 0 Å². The van der Waals surface area contributed by atoms with E-state index in [4.69, 9.17) is 18.9 Å². The Bertz CT molecular complexity index is 703. The lowest BCUT2D eigenvalue weighted by Gasteiger charge is -2.03. The number of fused-ring (bicyclic) bond motifs is 1. The zero-order chi connectivity index (χ0) is 15.4. The van der Waals surface area contributed by atoms with Gasteiger partial charge in [0.05, 0.1) is 7.11 Å². The zero-order valence-corrected chi connectivity index (χ0v) is 11.9. The van der Waals surface area contributed by atoms with E-state index in [1.807, 2.05) is 6.07 Å². The molecule has 3 rings (SSSR count). The lowest BCUT2D eigenvalue weighted by Crippen LogP contribution is -2.03. The average molecular weight is 298 g/mol. The molecular formula is C17H14O5. The molecule has 0 aromatic heterocycles. The van der Waals surface area contributed by atoms with Gasteiger partial charge >= 0.3 is 5.97 Å². The number of rotatable bonds is 4. The predicted octanol–water partition coefficient (Wildman–Crippen LogP) is 3.04. The van der Waals surface area contributed by atoms with Crippen LogP contribution in [0.3, 0.4) is 0 Å². The van der Waals surface area contributed by atoms with Crippen LogP contribution in [0, 0.1) is 0 Å². The van der Waals surface area contributed by atoms with Gasteiger partial charge in [0.2, 0.25) is 6.79 Å². The van der Waals surface area contributed by atoms with Crippen molar-refractivity contribution >= 4 is 12.0 Å². The van der Waals surface area contributed by atoms with Crippen LogP contribution in [-0.2, 0) is 4.79 Å². The number of hydrogen-bond donors (Lipinski definition) is 0. The third-order valence-corrected chi connectivity index (χ3v) is 3.09. The molecule has 2 aromatic rings. The molecule has 5 heteroatoms. The average Bonchev–Trinajstić information content (AvgIpc) is 3.01. The largest absolute Gasteiger partial charge is 0.497 e. The fourth-order valence-electron chi connectivity index (χ4n) is 1.98. The highest BCUT2D eigenvalue weighted by Crippen LogP contribution is 2.32. The first-order valence-electron chi connectivity index (χ1n) is 6.68. The summed E-state index contributed by atoms with van der Waals surface area (Å²) in [5, 5.41) is 0. The molecule has 0 atom stereocenters. The van der Waals surface area contributed by atoms with Gasteiger partial charge in [0.1, 0.15) is 11.5 Å². The fraction of sp³-hybridized carbons (Fsp3) is 0.118. The standard InChI is InChI=1S/C17H14O5/c1-19-13-4-6-14(7-5-13)22-17(18)9-3-12-2-8-15-16(10-12)21-11-20-15/h2-10H,11H2,1H3/b9-3+. The Hall–Kier alpha value is -2.95. The Kier molecular flexibility index (Phi) is 3.96. The summed E-state index contributed by atoms with van der Waals surface area (Å²) in [5.74, 6) is 2.09. The van der Waals surface area contributed by atoms with Crippen molar-refractivity contribution in [2.45, 2.75) is 0 Å². The van der Waals surface area contributed by atoms with Gasteiger partial charge in [-0.05, 0) is 48.0 Å². The highest BCUT2D eigenvalue weighted by molar-refractivity contribution is 5.88. The molecule has 0 fully saturated rings. The maximum Gasteiger partial charge on any atom is 0.336 e. The topological polar surface area (TPSA) is 54.0 Å². The number of esters is 1. The summed E-state index contributed by atoms with van der Waals surface area (Å²) in [4.78, 5) is 11.8. The Morgan fingerprint density at radius 3 is 2.55 bits per heavy atom. The van der Waals surface area contributed by atoms with Crippen molar-refractivity contribution in [3.8, 4) is 23.0 Å². The van der Waals surface area contributed by atoms with E-state index >= 15 is 0 Å². The molecule has 22 heavy (non-hydrogen) atoms. The number of carbonyl (C=O) groups excluding carboxylic acids is 1. The minimum Gasteiger partial charge on any atom is -0.497 e. The number of carbonyl (C=O) groups is 1. The first-order chi connectivity index (χ1) is 10.7. The second-order valence-electron chi connectivity index (χ2n) is 4.54. The van der Waals surface area contributed by atoms with Crippen molar-refractivity contribution in [1.29, 1.82) is 0 Å². The lowest BCUT2D eigenvalue weighted by molar-refractivity contribution is -0.128. The van der Waals surface area contributed by atoms with E-state index in [1.54, 1.807) is 49.6 Å². The normalized spacial score (nSPS) is 12.4. The number of ether oxygens (including phenoxy) is 4. The fourth-order valence-corrected chi connectivity index (χ4v) is 1.98. The van der Waals surface area contributed by atoms with Gasteiger partial charge in [-0.3, -0.25) is 0 Å². The van der Waals surface area contributed by atoms with Crippen LogP contribution >= 0.6 is 0 Å². The van der Waals surface area contributed by atoms with Gasteiger partial charge in [0.25, 0.3) is 0 Å². The molecule has 0 bridgehead atoms. The number of hydrogen-bond acceptors (Lipinski definition) is 5. The van der Waals surface area contributed by atoms with Gasteiger partial charge in [-0.1, -0.05) is 6.07 Å². The molecule has 0 saturated heterocycles. The van der Waals surface area contributed by atoms with Crippen LogP contribution in [0.15, 0.2) is 48.5 Å². The van der Waals surface area contributed by atoms with Crippen molar-refractivity contribution in [2.24, 2.45) is 0 Å². The van der Waals surface area contributed by atoms with Gasteiger partial charge in [0, 0.05) is 6.08 Å². The quantitative estimate of drug-likeness (QED) is 0.493. The third-order valence-electron chi connectivity index (χ3n) is 3.09. The van der Waals surface area contributed by atoms with Crippen molar-refractivity contribution < 1.29 is 23.7 Å². The molecule has 1 heterocycles. The van der Waals surface area contributed by atoms with Crippen LogP contribution in [0.4, 0.5) is 0 Å². The lowest BCUT2D eigenvalue weighted by atomic mass is 10.2. The Labute approximate surface area is 127 Å². The minimum atomic E-state index is -0.456. The van der Waals surface area contributed by atoms with E-state index in [-0.39, 0.29) is 6.79 Å². The molecule has 0 unspecified atom stereocenters. The summed E-state index contributed by atoms with van der Waals surface area (Å²) < 4.78 is 20.7. The third kappa shape index (κ3) is 3.20. The molecule has 0 amide bonds. The van der Waals surface area contributed by atoms with Crippen LogP contribution in [0.5, 0.6) is 23.0 Å². The minimum absolute atomic E-state index is 0.224. The summed E-state index contributed by atoms with van der Waals surface area (Å²) in [6, 6.07) is 12.2.